The number of amides is 1. The fourth-order valence-electron chi connectivity index (χ4n) is 2.03. The number of rotatable bonds is 9. The molecule has 0 saturated carbocycles. The molecule has 8 heteroatoms. The minimum Gasteiger partial charge on any atom is -0.497 e. The number of hydrogen-bond acceptors (Lipinski definition) is 6. The van der Waals surface area contributed by atoms with Crippen LogP contribution in [0.2, 0.25) is 4.34 Å². The number of methoxy groups -OCH3 is 1. The van der Waals surface area contributed by atoms with Crippen LogP contribution < -0.4 is 10.1 Å². The predicted octanol–water partition coefficient (Wildman–Crippen LogP) is 3.89. The van der Waals surface area contributed by atoms with Crippen LogP contribution in [0.3, 0.4) is 0 Å². The van der Waals surface area contributed by atoms with E-state index in [1.165, 1.54) is 23.1 Å². The van der Waals surface area contributed by atoms with Gasteiger partial charge < -0.3 is 14.8 Å². The van der Waals surface area contributed by atoms with Gasteiger partial charge in [0, 0.05) is 17.2 Å². The van der Waals surface area contributed by atoms with Gasteiger partial charge in [0.25, 0.3) is 5.91 Å². The van der Waals surface area contributed by atoms with Crippen LogP contribution in [0.4, 0.5) is 0 Å². The zero-order valence-corrected chi connectivity index (χ0v) is 16.9. The number of carbonyl (C=O) groups is 2. The van der Waals surface area contributed by atoms with Gasteiger partial charge in [0.1, 0.15) is 5.75 Å². The van der Waals surface area contributed by atoms with Crippen molar-refractivity contribution in [2.24, 2.45) is 0 Å². The summed E-state index contributed by atoms with van der Waals surface area (Å²) in [7, 11) is 1.60. The predicted molar refractivity (Wildman–Crippen MR) is 106 cm³/mol. The average molecular weight is 414 g/mol. The van der Waals surface area contributed by atoms with Gasteiger partial charge in [-0.1, -0.05) is 23.7 Å². The number of ether oxygens (including phenoxy) is 2. The molecule has 140 valence electrons. The molecule has 0 radical (unpaired) electrons. The molecule has 1 heterocycles. The summed E-state index contributed by atoms with van der Waals surface area (Å²) in [6.45, 7) is 1.92. The molecule has 1 aromatic carbocycles. The maximum atomic E-state index is 12.0. The molecule has 1 aromatic heterocycles. The van der Waals surface area contributed by atoms with Crippen LogP contribution >= 0.6 is 34.7 Å². The highest BCUT2D eigenvalue weighted by molar-refractivity contribution is 7.99. The second-order valence-corrected chi connectivity index (χ2v) is 8.18. The molecule has 0 saturated heterocycles. The highest BCUT2D eigenvalue weighted by Crippen LogP contribution is 2.25. The van der Waals surface area contributed by atoms with E-state index in [1.54, 1.807) is 14.0 Å². The Morgan fingerprint density at radius 2 is 1.96 bits per heavy atom. The minimum atomic E-state index is -0.836. The number of halogens is 1. The van der Waals surface area contributed by atoms with Crippen molar-refractivity contribution in [3.05, 3.63) is 51.2 Å². The Kier molecular flexibility index (Phi) is 8.28. The molecular formula is C18H20ClNO4S2. The summed E-state index contributed by atoms with van der Waals surface area (Å²) in [5.74, 6) is 0.884. The summed E-state index contributed by atoms with van der Waals surface area (Å²) in [5.41, 5.74) is 0.933. The molecule has 1 amide bonds. The maximum absolute atomic E-state index is 12.0. The molecule has 0 bridgehead atoms. The Bertz CT molecular complexity index is 733. The normalized spacial score (nSPS) is 11.7. The summed E-state index contributed by atoms with van der Waals surface area (Å²) in [6.07, 6.45) is -0.836. The number of thioether (sulfide) groups is 1. The standard InChI is InChI=1S/C18H20ClNO4S2/c1-12(18(22)20-9-13-3-5-14(23-2)6-4-13)24-17(21)11-25-10-15-7-8-16(19)26-15/h3-8,12H,9-11H2,1-2H3,(H,20,22)/t12-/m0/s1. The van der Waals surface area contributed by atoms with E-state index in [0.29, 0.717) is 12.3 Å². The highest BCUT2D eigenvalue weighted by atomic mass is 35.5. The van der Waals surface area contributed by atoms with E-state index in [-0.39, 0.29) is 11.7 Å². The molecule has 0 aliphatic heterocycles. The van der Waals surface area contributed by atoms with Crippen molar-refractivity contribution in [3.8, 4) is 5.75 Å². The van der Waals surface area contributed by atoms with Crippen molar-refractivity contribution in [1.82, 2.24) is 5.32 Å². The molecule has 5 nitrogen and oxygen atoms in total. The van der Waals surface area contributed by atoms with E-state index < -0.39 is 12.1 Å². The van der Waals surface area contributed by atoms with Gasteiger partial charge in [-0.05, 0) is 36.8 Å². The topological polar surface area (TPSA) is 64.6 Å². The molecule has 1 N–H and O–H groups in total. The van der Waals surface area contributed by atoms with Crippen molar-refractivity contribution in [1.29, 1.82) is 0 Å². The van der Waals surface area contributed by atoms with Crippen LogP contribution in [0.25, 0.3) is 0 Å². The summed E-state index contributed by atoms with van der Waals surface area (Å²) >= 11 is 8.78. The van der Waals surface area contributed by atoms with Crippen LogP contribution in [-0.2, 0) is 26.6 Å². The first-order valence-electron chi connectivity index (χ1n) is 7.90. The zero-order valence-electron chi connectivity index (χ0n) is 14.5. The Morgan fingerprint density at radius 3 is 2.58 bits per heavy atom. The SMILES string of the molecule is COc1ccc(CNC(=O)[C@H](C)OC(=O)CSCc2ccc(Cl)s2)cc1. The molecule has 26 heavy (non-hydrogen) atoms. The third-order valence-electron chi connectivity index (χ3n) is 3.40. The third-order valence-corrected chi connectivity index (χ3v) is 5.77. The lowest BCUT2D eigenvalue weighted by atomic mass is 10.2. The number of thiophene rings is 1. The van der Waals surface area contributed by atoms with Gasteiger partial charge >= 0.3 is 5.97 Å². The summed E-state index contributed by atoms with van der Waals surface area (Å²) < 4.78 is 11.0. The van der Waals surface area contributed by atoms with Gasteiger partial charge in [-0.25, -0.2) is 0 Å². The van der Waals surface area contributed by atoms with E-state index in [2.05, 4.69) is 5.32 Å². The first-order valence-corrected chi connectivity index (χ1v) is 10.2. The van der Waals surface area contributed by atoms with Gasteiger partial charge in [0.05, 0.1) is 17.2 Å². The van der Waals surface area contributed by atoms with Gasteiger partial charge in [-0.15, -0.1) is 23.1 Å². The number of carbonyl (C=O) groups excluding carboxylic acids is 2. The molecule has 2 aromatic rings. The van der Waals surface area contributed by atoms with Gasteiger partial charge in [0.15, 0.2) is 6.10 Å². The fourth-order valence-corrected chi connectivity index (χ4v) is 4.03. The van der Waals surface area contributed by atoms with Crippen molar-refractivity contribution in [2.75, 3.05) is 12.9 Å². The summed E-state index contributed by atoms with van der Waals surface area (Å²) in [5, 5.41) is 2.75. The lowest BCUT2D eigenvalue weighted by Crippen LogP contribution is -2.35. The van der Waals surface area contributed by atoms with Crippen molar-refractivity contribution in [3.63, 3.8) is 0 Å². The fraction of sp³-hybridized carbons (Fsp3) is 0.333. The van der Waals surface area contributed by atoms with Crippen LogP contribution in [0.1, 0.15) is 17.4 Å². The van der Waals surface area contributed by atoms with E-state index in [0.717, 1.165) is 20.5 Å². The molecule has 2 rings (SSSR count). The Labute approximate surface area is 166 Å². The van der Waals surface area contributed by atoms with E-state index in [9.17, 15) is 9.59 Å². The Balaban J connectivity index is 1.67. The average Bonchev–Trinajstić information content (AvgIpc) is 3.05. The Hall–Kier alpha value is -1.70. The van der Waals surface area contributed by atoms with Gasteiger partial charge in [0.2, 0.25) is 0 Å². The second-order valence-electron chi connectivity index (χ2n) is 5.40. The van der Waals surface area contributed by atoms with E-state index in [4.69, 9.17) is 21.1 Å². The largest absolute Gasteiger partial charge is 0.497 e. The van der Waals surface area contributed by atoms with Crippen molar-refractivity contribution < 1.29 is 19.1 Å². The van der Waals surface area contributed by atoms with E-state index in [1.807, 2.05) is 36.4 Å². The highest BCUT2D eigenvalue weighted by Gasteiger charge is 2.17. The van der Waals surface area contributed by atoms with Crippen LogP contribution in [0.5, 0.6) is 5.75 Å². The molecular weight excluding hydrogens is 394 g/mol. The molecule has 1 atom stereocenters. The number of hydrogen-bond donors (Lipinski definition) is 1. The molecule has 0 aliphatic carbocycles. The lowest BCUT2D eigenvalue weighted by molar-refractivity contribution is -0.152. The molecule has 0 spiro atoms. The maximum Gasteiger partial charge on any atom is 0.316 e. The number of benzene rings is 1. The first-order chi connectivity index (χ1) is 12.5. The Morgan fingerprint density at radius 1 is 1.23 bits per heavy atom. The van der Waals surface area contributed by atoms with Crippen LogP contribution in [-0.4, -0.2) is 30.8 Å². The lowest BCUT2D eigenvalue weighted by Gasteiger charge is -2.13. The van der Waals surface area contributed by atoms with Crippen molar-refractivity contribution >= 4 is 46.6 Å². The molecule has 0 unspecified atom stereocenters. The molecule has 0 fully saturated rings. The molecule has 0 aliphatic rings. The van der Waals surface area contributed by atoms with Crippen LogP contribution in [0, 0.1) is 0 Å². The van der Waals surface area contributed by atoms with Gasteiger partial charge in [-0.2, -0.15) is 0 Å². The van der Waals surface area contributed by atoms with E-state index >= 15 is 0 Å². The number of esters is 1. The van der Waals surface area contributed by atoms with Crippen LogP contribution in [0.15, 0.2) is 36.4 Å². The smallest absolute Gasteiger partial charge is 0.316 e. The summed E-state index contributed by atoms with van der Waals surface area (Å²) in [4.78, 5) is 25.0. The summed E-state index contributed by atoms with van der Waals surface area (Å²) in [6, 6.07) is 11.1. The zero-order chi connectivity index (χ0) is 18.9. The first kappa shape index (κ1) is 20.6. The monoisotopic (exact) mass is 413 g/mol. The second kappa shape index (κ2) is 10.4. The third kappa shape index (κ3) is 6.90. The minimum absolute atomic E-state index is 0.186. The number of nitrogens with one attached hydrogen (secondary N) is 1. The van der Waals surface area contributed by atoms with Crippen molar-refractivity contribution in [2.45, 2.75) is 25.3 Å². The quantitative estimate of drug-likeness (QED) is 0.632. The van der Waals surface area contributed by atoms with Gasteiger partial charge in [-0.3, -0.25) is 9.59 Å².